The first-order valence-corrected chi connectivity index (χ1v) is 9.86. The van der Waals surface area contributed by atoms with Crippen molar-refractivity contribution < 1.29 is 25.9 Å². The lowest BCUT2D eigenvalue weighted by Gasteiger charge is -2.13. The first-order chi connectivity index (χ1) is 13.1. The van der Waals surface area contributed by atoms with Crippen LogP contribution in [0.25, 0.3) is 33.0 Å². The van der Waals surface area contributed by atoms with Crippen molar-refractivity contribution in [3.63, 3.8) is 0 Å². The second-order valence-electron chi connectivity index (χ2n) is 5.06. The van der Waals surface area contributed by atoms with Gasteiger partial charge in [0.1, 0.15) is 20.2 Å². The van der Waals surface area contributed by atoms with Crippen molar-refractivity contribution in [1.29, 1.82) is 0 Å². The van der Waals surface area contributed by atoms with Crippen LogP contribution in [0.5, 0.6) is 0 Å². The van der Waals surface area contributed by atoms with E-state index in [1.807, 2.05) is 0 Å². The predicted octanol–water partition coefficient (Wildman–Crippen LogP) is 3.55. The van der Waals surface area contributed by atoms with Crippen LogP contribution < -0.4 is 0 Å². The monoisotopic (exact) mass is 420 g/mol. The summed E-state index contributed by atoms with van der Waals surface area (Å²) in [5, 5.41) is 6.41. The first-order valence-electron chi connectivity index (χ1n) is 7.04. The number of rotatable bonds is 6. The molecule has 0 heterocycles. The van der Waals surface area contributed by atoms with Crippen molar-refractivity contribution in [2.45, 2.75) is 9.79 Å². The predicted molar refractivity (Wildman–Crippen MR) is 95.4 cm³/mol. The molecule has 0 aliphatic rings. The second-order valence-corrected chi connectivity index (χ2v) is 7.76. The van der Waals surface area contributed by atoms with Gasteiger partial charge in [-0.3, -0.25) is 0 Å². The molecule has 0 aromatic heterocycles. The van der Waals surface area contributed by atoms with Gasteiger partial charge in [0.25, 0.3) is 0 Å². The third-order valence-electron chi connectivity index (χ3n) is 3.30. The van der Waals surface area contributed by atoms with E-state index in [1.165, 1.54) is 24.3 Å². The number of nitrogens with zero attached hydrogens (tertiary/aromatic N) is 6. The van der Waals surface area contributed by atoms with Gasteiger partial charge in [-0.2, -0.15) is 0 Å². The van der Waals surface area contributed by atoms with Gasteiger partial charge in [0.15, 0.2) is 0 Å². The van der Waals surface area contributed by atoms with Crippen LogP contribution in [0.2, 0.25) is 0 Å². The maximum Gasteiger partial charge on any atom is 0.125 e. The fourth-order valence-electron chi connectivity index (χ4n) is 2.16. The molecule has 0 aliphatic carbocycles. The highest BCUT2D eigenvalue weighted by Gasteiger charge is 2.11. The van der Waals surface area contributed by atoms with Gasteiger partial charge in [0.2, 0.25) is 0 Å². The van der Waals surface area contributed by atoms with E-state index in [0.717, 1.165) is 24.3 Å². The minimum absolute atomic E-state index is 0.115. The molecule has 2 aromatic carbocycles. The van der Waals surface area contributed by atoms with Crippen LogP contribution in [-0.2, 0) is 20.2 Å². The molecule has 28 heavy (non-hydrogen) atoms. The summed E-state index contributed by atoms with van der Waals surface area (Å²) in [7, 11) is -9.90. The summed E-state index contributed by atoms with van der Waals surface area (Å²) >= 11 is 0. The molecule has 0 saturated carbocycles. The number of hydrogen-bond acceptors (Lipinski definition) is 8. The Bertz CT molecular complexity index is 1170. The zero-order valence-corrected chi connectivity index (χ0v) is 15.2. The van der Waals surface area contributed by atoms with Crippen LogP contribution >= 0.6 is 0 Å². The highest BCUT2D eigenvalue weighted by atomic mass is 32.2. The Hall–Kier alpha value is -3.38. The normalized spacial score (nSPS) is 11.6. The van der Waals surface area contributed by atoms with E-state index >= 15 is 0 Å². The Morgan fingerprint density at radius 2 is 1.11 bits per heavy atom. The Balaban J connectivity index is 2.63. The van der Waals surface area contributed by atoms with Crippen molar-refractivity contribution in [2.24, 2.45) is 10.2 Å². The zero-order chi connectivity index (χ0) is 20.9. The van der Waals surface area contributed by atoms with Gasteiger partial charge >= 0.3 is 0 Å². The second kappa shape index (κ2) is 8.10. The highest BCUT2D eigenvalue weighted by molar-refractivity contribution is 7.86. The van der Waals surface area contributed by atoms with Crippen LogP contribution in [0.3, 0.4) is 0 Å². The van der Waals surface area contributed by atoms with E-state index in [1.54, 1.807) is 0 Å². The Kier molecular flexibility index (Phi) is 6.06. The Morgan fingerprint density at radius 3 is 1.39 bits per heavy atom. The third-order valence-corrected chi connectivity index (χ3v) is 5.08. The molecule has 12 nitrogen and oxygen atoms in total. The molecule has 2 rings (SSSR count). The number of hydrogen-bond donors (Lipinski definition) is 0. The van der Waals surface area contributed by atoms with Crippen molar-refractivity contribution in [2.75, 3.05) is 0 Å². The van der Waals surface area contributed by atoms with Crippen LogP contribution in [0.1, 0.15) is 11.1 Å². The molecular weight excluding hydrogens is 412 g/mol. The quantitative estimate of drug-likeness (QED) is 0.224. The molecule has 0 spiro atoms. The van der Waals surface area contributed by atoms with Gasteiger partial charge in [-0.05, 0) is 34.3 Å². The van der Waals surface area contributed by atoms with E-state index < -0.39 is 30.0 Å². The van der Waals surface area contributed by atoms with Crippen molar-refractivity contribution in [3.05, 3.63) is 68.4 Å². The topological polar surface area (TPSA) is 212 Å². The maximum atomic E-state index is 11.4. The van der Waals surface area contributed by atoms with Crippen LogP contribution in [0, 0.1) is 0 Å². The largest absolute Gasteiger partial charge is 0.744 e. The average molecular weight is 420 g/mol. The molecular formula is C14H8N6O6S2-2. The molecule has 0 bridgehead atoms. The Labute approximate surface area is 158 Å². The van der Waals surface area contributed by atoms with E-state index in [0.29, 0.717) is 0 Å². The average Bonchev–Trinajstić information content (AvgIpc) is 2.60. The molecule has 0 amide bonds. The molecule has 0 unspecified atom stereocenters. The van der Waals surface area contributed by atoms with Gasteiger partial charge in [0.05, 0.1) is 9.79 Å². The molecule has 0 N–H and O–H groups in total. The van der Waals surface area contributed by atoms with Gasteiger partial charge in [-0.1, -0.05) is 46.6 Å². The lowest BCUT2D eigenvalue weighted by Crippen LogP contribution is -2.02. The molecule has 0 aliphatic heterocycles. The molecule has 2 aromatic rings. The lowest BCUT2D eigenvalue weighted by molar-refractivity contribution is 0.460. The minimum atomic E-state index is -4.95. The summed E-state index contributed by atoms with van der Waals surface area (Å²) < 4.78 is 68.7. The van der Waals surface area contributed by atoms with Gasteiger partial charge in [-0.25, -0.2) is 16.8 Å². The summed E-state index contributed by atoms with van der Waals surface area (Å²) in [4.78, 5) is 3.57. The number of azide groups is 2. The summed E-state index contributed by atoms with van der Waals surface area (Å²) in [6.45, 7) is 0. The SMILES string of the molecule is [N-]=[N+]=Nc1ccc(/C=C/c2ccc(N=[N+]=[N-])cc2S(=O)(=O)[O-])c(S(=O)(=O)[O-])c1. The van der Waals surface area contributed by atoms with Crippen LogP contribution in [0.4, 0.5) is 11.4 Å². The van der Waals surface area contributed by atoms with E-state index in [-0.39, 0.29) is 22.5 Å². The molecule has 0 saturated heterocycles. The van der Waals surface area contributed by atoms with Crippen LogP contribution in [0.15, 0.2) is 56.4 Å². The van der Waals surface area contributed by atoms with Crippen molar-refractivity contribution in [1.82, 2.24) is 0 Å². The standard InChI is InChI=1S/C14H10N6O6S2/c15-19-17-11-5-3-9(13(7-11)27(21,22)23)1-2-10-4-6-12(18-20-16)8-14(10)28(24,25)26/h1-8H,(H,21,22,23)(H,24,25,26)/p-2/b2-1+. The molecule has 14 heteroatoms. The van der Waals surface area contributed by atoms with Crippen LogP contribution in [-0.4, -0.2) is 25.9 Å². The highest BCUT2D eigenvalue weighted by Crippen LogP contribution is 2.27. The third kappa shape index (κ3) is 5.08. The smallest absolute Gasteiger partial charge is 0.125 e. The first kappa shape index (κ1) is 20.9. The summed E-state index contributed by atoms with van der Waals surface area (Å²) in [6.07, 6.45) is 2.20. The van der Waals surface area contributed by atoms with Gasteiger partial charge in [0, 0.05) is 21.2 Å². The maximum absolute atomic E-state index is 11.4. The van der Waals surface area contributed by atoms with Gasteiger partial charge in [-0.15, -0.1) is 0 Å². The lowest BCUT2D eigenvalue weighted by atomic mass is 10.1. The van der Waals surface area contributed by atoms with E-state index in [9.17, 15) is 25.9 Å². The summed E-state index contributed by atoms with van der Waals surface area (Å²) in [5.41, 5.74) is 16.3. The molecule has 0 radical (unpaired) electrons. The van der Waals surface area contributed by atoms with E-state index in [2.05, 4.69) is 20.1 Å². The fraction of sp³-hybridized carbons (Fsp3) is 0. The zero-order valence-electron chi connectivity index (χ0n) is 13.6. The molecule has 0 atom stereocenters. The minimum Gasteiger partial charge on any atom is -0.744 e. The number of benzene rings is 2. The van der Waals surface area contributed by atoms with Crippen molar-refractivity contribution >= 4 is 43.8 Å². The van der Waals surface area contributed by atoms with E-state index in [4.69, 9.17) is 11.1 Å². The van der Waals surface area contributed by atoms with Crippen molar-refractivity contribution in [3.8, 4) is 0 Å². The van der Waals surface area contributed by atoms with Gasteiger partial charge < -0.3 is 9.11 Å². The summed E-state index contributed by atoms with van der Waals surface area (Å²) in [6, 6.07) is 6.54. The summed E-state index contributed by atoms with van der Waals surface area (Å²) in [5.74, 6) is 0. The fourth-order valence-corrected chi connectivity index (χ4v) is 3.54. The Morgan fingerprint density at radius 1 is 0.750 bits per heavy atom. The molecule has 144 valence electrons. The molecule has 0 fully saturated rings.